The third-order valence-electron chi connectivity index (χ3n) is 6.16. The van der Waals surface area contributed by atoms with Crippen LogP contribution in [0.3, 0.4) is 0 Å². The highest BCUT2D eigenvalue weighted by molar-refractivity contribution is 6.30. The molecule has 11 nitrogen and oxygen atoms in total. The lowest BCUT2D eigenvalue weighted by molar-refractivity contribution is -0.207. The molecule has 0 radical (unpaired) electrons. The molecule has 0 unspecified atom stereocenters. The van der Waals surface area contributed by atoms with Crippen LogP contribution in [0.2, 0.25) is 5.02 Å². The molecule has 1 saturated carbocycles. The fraction of sp³-hybridized carbons (Fsp3) is 0.348. The number of nitrogens with one attached hydrogen (secondary N) is 1. The third kappa shape index (κ3) is 5.56. The number of benzene rings is 1. The molecule has 0 amide bonds. The van der Waals surface area contributed by atoms with Crippen LogP contribution in [0.4, 0.5) is 18.9 Å². The van der Waals surface area contributed by atoms with E-state index in [0.717, 1.165) is 27.8 Å². The Morgan fingerprint density at radius 1 is 1.18 bits per heavy atom. The molecule has 0 saturated heterocycles. The minimum Gasteiger partial charge on any atom is -0.382 e. The number of halogens is 4. The van der Waals surface area contributed by atoms with Gasteiger partial charge in [0.15, 0.2) is 17.8 Å². The fourth-order valence-corrected chi connectivity index (χ4v) is 3.87. The van der Waals surface area contributed by atoms with Crippen molar-refractivity contribution in [1.82, 2.24) is 34.1 Å². The van der Waals surface area contributed by atoms with E-state index in [-0.39, 0.29) is 23.7 Å². The van der Waals surface area contributed by atoms with E-state index in [9.17, 15) is 23.1 Å². The van der Waals surface area contributed by atoms with Crippen LogP contribution < -0.4 is 16.7 Å². The van der Waals surface area contributed by atoms with E-state index in [1.807, 2.05) is 0 Å². The van der Waals surface area contributed by atoms with E-state index >= 15 is 0 Å². The summed E-state index contributed by atoms with van der Waals surface area (Å²) in [4.78, 5) is 21.4. The largest absolute Gasteiger partial charge is 0.416 e. The normalized spacial score (nSPS) is 15.4. The molecule has 4 aromatic rings. The van der Waals surface area contributed by atoms with Crippen LogP contribution in [0.1, 0.15) is 18.7 Å². The molecule has 1 fully saturated rings. The summed E-state index contributed by atoms with van der Waals surface area (Å²) in [6, 6.07) is 7.84. The first-order valence-electron chi connectivity index (χ1n) is 11.6. The molecular formula is C23H23ClF3N9O2. The zero-order valence-corrected chi connectivity index (χ0v) is 20.6. The highest BCUT2D eigenvalue weighted by atomic mass is 35.5. The third-order valence-corrected chi connectivity index (χ3v) is 6.41. The first kappa shape index (κ1) is 25.9. The smallest absolute Gasteiger partial charge is 0.382 e. The number of alkyl halides is 3. The Balaban J connectivity index is 1.43. The van der Waals surface area contributed by atoms with Gasteiger partial charge in [-0.2, -0.15) is 13.2 Å². The molecule has 15 heteroatoms. The first-order chi connectivity index (χ1) is 18.0. The Labute approximate surface area is 218 Å². The summed E-state index contributed by atoms with van der Waals surface area (Å²) in [6.45, 7) is -0.679. The molecule has 5 rings (SSSR count). The fourth-order valence-electron chi connectivity index (χ4n) is 3.74. The van der Waals surface area contributed by atoms with Gasteiger partial charge in [0.1, 0.15) is 18.6 Å². The Bertz CT molecular complexity index is 1490. The zero-order valence-electron chi connectivity index (χ0n) is 19.8. The van der Waals surface area contributed by atoms with Crippen molar-refractivity contribution in [3.8, 4) is 17.1 Å². The molecule has 0 bridgehead atoms. The lowest BCUT2D eigenvalue weighted by Crippen LogP contribution is -2.37. The first-order valence-corrected chi connectivity index (χ1v) is 12.0. The van der Waals surface area contributed by atoms with Gasteiger partial charge in [-0.25, -0.2) is 19.1 Å². The molecule has 1 aliphatic carbocycles. The summed E-state index contributed by atoms with van der Waals surface area (Å²) in [5.41, 5.74) is 6.76. The average molecular weight is 550 g/mol. The Hall–Kier alpha value is -3.75. The second-order valence-electron chi connectivity index (χ2n) is 9.15. The Morgan fingerprint density at radius 2 is 1.92 bits per heavy atom. The van der Waals surface area contributed by atoms with Gasteiger partial charge in [0, 0.05) is 28.9 Å². The van der Waals surface area contributed by atoms with Crippen molar-refractivity contribution in [2.24, 2.45) is 5.73 Å². The van der Waals surface area contributed by atoms with Crippen molar-refractivity contribution in [3.05, 3.63) is 70.4 Å². The molecule has 1 aliphatic rings. The second-order valence-corrected chi connectivity index (χ2v) is 9.59. The number of pyridine rings is 1. The van der Waals surface area contributed by atoms with Crippen molar-refractivity contribution in [3.63, 3.8) is 0 Å². The summed E-state index contributed by atoms with van der Waals surface area (Å²) < 4.78 is 42.4. The summed E-state index contributed by atoms with van der Waals surface area (Å²) in [7, 11) is 0. The average Bonchev–Trinajstić information content (AvgIpc) is 3.31. The lowest BCUT2D eigenvalue weighted by Gasteiger charge is -2.15. The molecule has 1 atom stereocenters. The lowest BCUT2D eigenvalue weighted by atomic mass is 10.2. The molecule has 0 spiro atoms. The predicted molar refractivity (Wildman–Crippen MR) is 132 cm³/mol. The molecule has 200 valence electrons. The maximum Gasteiger partial charge on any atom is 0.416 e. The highest BCUT2D eigenvalue weighted by Crippen LogP contribution is 2.32. The van der Waals surface area contributed by atoms with Crippen LogP contribution in [-0.4, -0.2) is 63.6 Å². The summed E-state index contributed by atoms with van der Waals surface area (Å²) in [6.07, 6.45) is -1.16. The van der Waals surface area contributed by atoms with Gasteiger partial charge in [-0.05, 0) is 43.2 Å². The SMILES string of the molecule is NC1(CNc2ccncc2-n2cnc(Cn3nc(-c4ccc(Cl)cc4)n(C[C@H](O)C(F)(F)F)c3=O)n2)CC1. The van der Waals surface area contributed by atoms with E-state index < -0.39 is 24.5 Å². The summed E-state index contributed by atoms with van der Waals surface area (Å²) in [5.74, 6) is 0.118. The van der Waals surface area contributed by atoms with Crippen molar-refractivity contribution in [1.29, 1.82) is 0 Å². The monoisotopic (exact) mass is 549 g/mol. The van der Waals surface area contributed by atoms with E-state index in [1.54, 1.807) is 18.5 Å². The van der Waals surface area contributed by atoms with Crippen LogP contribution in [0.5, 0.6) is 0 Å². The Kier molecular flexibility index (Phi) is 6.71. The van der Waals surface area contributed by atoms with Crippen LogP contribution >= 0.6 is 11.6 Å². The number of hydrogen-bond donors (Lipinski definition) is 3. The number of hydrogen-bond acceptors (Lipinski definition) is 8. The quantitative estimate of drug-likeness (QED) is 0.288. The Morgan fingerprint density at radius 3 is 2.61 bits per heavy atom. The predicted octanol–water partition coefficient (Wildman–Crippen LogP) is 2.22. The standard InChI is InChI=1S/C23H23ClF3N9O2/c24-15-3-1-14(2-4-15)20-33-35(21(38)34(20)10-18(37)23(25,26)27)11-19-31-13-36(32-19)17-9-29-8-5-16(17)30-12-22(28)6-7-22/h1-5,8-9,13,18,37H,6-7,10-12,28H2,(H,29,30)/t18-/m0/s1. The minimum absolute atomic E-state index is 0.0658. The van der Waals surface area contributed by atoms with E-state index in [2.05, 4.69) is 25.5 Å². The summed E-state index contributed by atoms with van der Waals surface area (Å²) in [5, 5.41) is 22.0. The van der Waals surface area contributed by atoms with E-state index in [0.29, 0.717) is 22.8 Å². The van der Waals surface area contributed by atoms with Crippen LogP contribution in [0, 0.1) is 0 Å². The zero-order chi connectivity index (χ0) is 27.1. The maximum absolute atomic E-state index is 13.1. The molecule has 4 N–H and O–H groups in total. The van der Waals surface area contributed by atoms with Gasteiger partial charge in [0.2, 0.25) is 0 Å². The van der Waals surface area contributed by atoms with Gasteiger partial charge in [-0.1, -0.05) is 11.6 Å². The maximum atomic E-state index is 13.1. The van der Waals surface area contributed by atoms with Gasteiger partial charge < -0.3 is 16.2 Å². The number of aromatic nitrogens is 7. The number of nitrogens with zero attached hydrogens (tertiary/aromatic N) is 7. The molecule has 38 heavy (non-hydrogen) atoms. The van der Waals surface area contributed by atoms with Crippen molar-refractivity contribution >= 4 is 17.3 Å². The number of anilines is 1. The molecular weight excluding hydrogens is 527 g/mol. The molecule has 0 aliphatic heterocycles. The van der Waals surface area contributed by atoms with Crippen molar-refractivity contribution in [2.75, 3.05) is 11.9 Å². The molecule has 3 aromatic heterocycles. The van der Waals surface area contributed by atoms with Gasteiger partial charge >= 0.3 is 11.9 Å². The number of rotatable bonds is 9. The number of aliphatic hydroxyl groups is 1. The second kappa shape index (κ2) is 9.85. The van der Waals surface area contributed by atoms with Gasteiger partial charge in [-0.3, -0.25) is 9.55 Å². The highest BCUT2D eigenvalue weighted by Gasteiger charge is 2.39. The van der Waals surface area contributed by atoms with Gasteiger partial charge in [0.05, 0.1) is 18.4 Å². The van der Waals surface area contributed by atoms with Crippen LogP contribution in [0.15, 0.2) is 53.8 Å². The summed E-state index contributed by atoms with van der Waals surface area (Å²) >= 11 is 5.92. The van der Waals surface area contributed by atoms with E-state index in [1.165, 1.54) is 35.3 Å². The minimum atomic E-state index is -4.92. The van der Waals surface area contributed by atoms with Gasteiger partial charge in [-0.15, -0.1) is 10.2 Å². The van der Waals surface area contributed by atoms with Gasteiger partial charge in [0.25, 0.3) is 0 Å². The topological polar surface area (TPSA) is 142 Å². The van der Waals surface area contributed by atoms with Crippen molar-refractivity contribution < 1.29 is 18.3 Å². The molecule has 1 aromatic carbocycles. The number of nitrogens with two attached hydrogens (primary N) is 1. The van der Waals surface area contributed by atoms with E-state index in [4.69, 9.17) is 17.3 Å². The molecule has 3 heterocycles. The van der Waals surface area contributed by atoms with Crippen LogP contribution in [-0.2, 0) is 13.1 Å². The van der Waals surface area contributed by atoms with Crippen LogP contribution in [0.25, 0.3) is 17.1 Å². The number of aliphatic hydroxyl groups excluding tert-OH is 1. The van der Waals surface area contributed by atoms with Crippen molar-refractivity contribution in [2.45, 2.75) is 43.8 Å².